The Morgan fingerprint density at radius 3 is 2.95 bits per heavy atom. The van der Waals surface area contributed by atoms with E-state index in [-0.39, 0.29) is 5.60 Å². The molecule has 0 bridgehead atoms. The van der Waals surface area contributed by atoms with Crippen LogP contribution in [0.2, 0.25) is 0 Å². The van der Waals surface area contributed by atoms with E-state index in [1.165, 1.54) is 46.5 Å². The van der Waals surface area contributed by atoms with Crippen LogP contribution < -0.4 is 5.32 Å². The van der Waals surface area contributed by atoms with Crippen LogP contribution in [0.5, 0.6) is 0 Å². The number of hydrogen-bond acceptors (Lipinski definition) is 4. The molecule has 0 radical (unpaired) electrons. The number of nitrogens with one attached hydrogen (secondary N) is 1. The summed E-state index contributed by atoms with van der Waals surface area (Å²) in [5.74, 6) is 3.22. The maximum absolute atomic E-state index is 6.26. The smallest absolute Gasteiger partial charge is 0.0701 e. The van der Waals surface area contributed by atoms with E-state index in [2.05, 4.69) is 51.4 Å². The molecule has 118 valence electrons. The van der Waals surface area contributed by atoms with Crippen LogP contribution in [0.4, 0.5) is 0 Å². The van der Waals surface area contributed by atoms with Crippen molar-refractivity contribution in [2.24, 2.45) is 5.92 Å². The fourth-order valence-corrected chi connectivity index (χ4v) is 6.69. The second kappa shape index (κ2) is 7.35. The van der Waals surface area contributed by atoms with Gasteiger partial charge in [-0.1, -0.05) is 6.92 Å². The van der Waals surface area contributed by atoms with Crippen LogP contribution in [0, 0.1) is 5.92 Å². The Kier molecular flexibility index (Phi) is 5.71. The summed E-state index contributed by atoms with van der Waals surface area (Å²) in [7, 11) is 0. The van der Waals surface area contributed by atoms with E-state index in [9.17, 15) is 0 Å². The monoisotopic (exact) mass is 389 g/mol. The van der Waals surface area contributed by atoms with Gasteiger partial charge in [0.25, 0.3) is 0 Å². The van der Waals surface area contributed by atoms with E-state index < -0.39 is 0 Å². The predicted octanol–water partition coefficient (Wildman–Crippen LogP) is 4.85. The third-order valence-electron chi connectivity index (χ3n) is 4.76. The van der Waals surface area contributed by atoms with Crippen LogP contribution in [-0.4, -0.2) is 30.3 Å². The molecule has 0 saturated carbocycles. The fourth-order valence-electron chi connectivity index (χ4n) is 3.66. The molecule has 0 aromatic carbocycles. The summed E-state index contributed by atoms with van der Waals surface area (Å²) in [6.07, 6.45) is 4.86. The van der Waals surface area contributed by atoms with Gasteiger partial charge >= 0.3 is 0 Å². The average molecular weight is 390 g/mol. The highest BCUT2D eigenvalue weighted by Gasteiger charge is 2.41. The van der Waals surface area contributed by atoms with E-state index in [0.29, 0.717) is 12.0 Å². The molecule has 2 unspecified atom stereocenters. The Labute approximate surface area is 144 Å². The van der Waals surface area contributed by atoms with Gasteiger partial charge in [-0.3, -0.25) is 0 Å². The molecule has 1 aromatic rings. The van der Waals surface area contributed by atoms with Crippen LogP contribution in [0.1, 0.15) is 43.5 Å². The van der Waals surface area contributed by atoms with Crippen molar-refractivity contribution < 1.29 is 4.74 Å². The summed E-state index contributed by atoms with van der Waals surface area (Å²) in [6.45, 7) is 4.16. The molecule has 5 heteroatoms. The van der Waals surface area contributed by atoms with Crippen molar-refractivity contribution in [2.75, 3.05) is 24.7 Å². The van der Waals surface area contributed by atoms with E-state index in [0.717, 1.165) is 13.2 Å². The molecule has 2 fully saturated rings. The predicted molar refractivity (Wildman–Crippen MR) is 96.4 cm³/mol. The second-order valence-electron chi connectivity index (χ2n) is 6.06. The van der Waals surface area contributed by atoms with Gasteiger partial charge in [-0.15, -0.1) is 11.3 Å². The molecule has 2 atom stereocenters. The molecule has 2 aliphatic rings. The lowest BCUT2D eigenvalue weighted by Gasteiger charge is -2.45. The molecule has 2 saturated heterocycles. The van der Waals surface area contributed by atoms with Crippen molar-refractivity contribution in [3.8, 4) is 0 Å². The highest BCUT2D eigenvalue weighted by Crippen LogP contribution is 2.45. The van der Waals surface area contributed by atoms with Gasteiger partial charge in [0.05, 0.1) is 5.60 Å². The van der Waals surface area contributed by atoms with Gasteiger partial charge in [-0.2, -0.15) is 11.8 Å². The zero-order valence-electron chi connectivity index (χ0n) is 12.6. The summed E-state index contributed by atoms with van der Waals surface area (Å²) in [6, 6.07) is 2.65. The van der Waals surface area contributed by atoms with Crippen molar-refractivity contribution in [2.45, 2.75) is 44.2 Å². The van der Waals surface area contributed by atoms with Crippen LogP contribution in [0.25, 0.3) is 0 Å². The van der Waals surface area contributed by atoms with Crippen LogP contribution in [0.3, 0.4) is 0 Å². The van der Waals surface area contributed by atoms with Crippen LogP contribution in [0.15, 0.2) is 15.9 Å². The molecule has 1 spiro atoms. The molecule has 3 rings (SSSR count). The summed E-state index contributed by atoms with van der Waals surface area (Å²) < 4.78 is 7.53. The maximum Gasteiger partial charge on any atom is 0.0701 e. The fraction of sp³-hybridized carbons (Fsp3) is 0.750. The lowest BCUT2D eigenvalue weighted by atomic mass is 9.78. The van der Waals surface area contributed by atoms with E-state index in [1.54, 1.807) is 0 Å². The summed E-state index contributed by atoms with van der Waals surface area (Å²) in [4.78, 5) is 1.46. The van der Waals surface area contributed by atoms with Crippen LogP contribution in [-0.2, 0) is 4.74 Å². The summed E-state index contributed by atoms with van der Waals surface area (Å²) in [5.41, 5.74) is 0.172. The van der Waals surface area contributed by atoms with Gasteiger partial charge in [0.15, 0.2) is 0 Å². The Morgan fingerprint density at radius 2 is 2.29 bits per heavy atom. The Bertz CT molecular complexity index is 453. The SMILES string of the molecule is CCNC(c1sccc1Br)C1CCOC2(CCSCC2)C1. The number of rotatable bonds is 4. The van der Waals surface area contributed by atoms with Gasteiger partial charge in [0, 0.05) is 22.0 Å². The first-order valence-corrected chi connectivity index (χ1v) is 10.7. The largest absolute Gasteiger partial charge is 0.375 e. The lowest BCUT2D eigenvalue weighted by Crippen LogP contribution is -2.45. The van der Waals surface area contributed by atoms with Gasteiger partial charge < -0.3 is 10.1 Å². The van der Waals surface area contributed by atoms with Gasteiger partial charge in [0.2, 0.25) is 0 Å². The third-order valence-corrected chi connectivity index (χ3v) is 7.70. The first-order chi connectivity index (χ1) is 10.2. The molecule has 0 amide bonds. The van der Waals surface area contributed by atoms with Crippen molar-refractivity contribution in [1.29, 1.82) is 0 Å². The van der Waals surface area contributed by atoms with Crippen LogP contribution >= 0.6 is 39.0 Å². The van der Waals surface area contributed by atoms with Gasteiger partial charge in [-0.25, -0.2) is 0 Å². The number of halogens is 1. The molecule has 21 heavy (non-hydrogen) atoms. The number of thioether (sulfide) groups is 1. The first-order valence-electron chi connectivity index (χ1n) is 7.92. The quantitative estimate of drug-likeness (QED) is 0.794. The topological polar surface area (TPSA) is 21.3 Å². The molecule has 1 N–H and O–H groups in total. The third kappa shape index (κ3) is 3.69. The highest BCUT2D eigenvalue weighted by molar-refractivity contribution is 9.10. The van der Waals surface area contributed by atoms with Gasteiger partial charge in [0.1, 0.15) is 0 Å². The second-order valence-corrected chi connectivity index (χ2v) is 9.09. The summed E-state index contributed by atoms with van der Waals surface area (Å²) in [5, 5.41) is 5.93. The first kappa shape index (κ1) is 16.3. The van der Waals surface area contributed by atoms with Crippen molar-refractivity contribution in [3.63, 3.8) is 0 Å². The maximum atomic E-state index is 6.26. The molecular formula is C16H24BrNOS2. The van der Waals surface area contributed by atoms with Crippen molar-refractivity contribution in [3.05, 3.63) is 20.8 Å². The molecule has 3 heterocycles. The van der Waals surface area contributed by atoms with Gasteiger partial charge in [-0.05, 0) is 77.0 Å². The minimum absolute atomic E-state index is 0.172. The minimum Gasteiger partial charge on any atom is -0.375 e. The minimum atomic E-state index is 0.172. The van der Waals surface area contributed by atoms with E-state index in [1.807, 2.05) is 11.3 Å². The van der Waals surface area contributed by atoms with Crippen molar-refractivity contribution >= 4 is 39.0 Å². The number of hydrogen-bond donors (Lipinski definition) is 1. The normalized spacial score (nSPS) is 26.9. The van der Waals surface area contributed by atoms with Crippen molar-refractivity contribution in [1.82, 2.24) is 5.32 Å². The van der Waals surface area contributed by atoms with E-state index >= 15 is 0 Å². The molecule has 1 aromatic heterocycles. The lowest BCUT2D eigenvalue weighted by molar-refractivity contribution is -0.107. The molecule has 2 aliphatic heterocycles. The Hall–Kier alpha value is 0.450. The summed E-state index contributed by atoms with van der Waals surface area (Å²) >= 11 is 7.68. The molecular weight excluding hydrogens is 366 g/mol. The molecule has 0 aliphatic carbocycles. The highest BCUT2D eigenvalue weighted by atomic mass is 79.9. The standard InChI is InChI=1S/C16H24BrNOS2/c1-2-18-14(15-13(17)4-8-21-15)12-3-7-19-16(11-12)5-9-20-10-6-16/h4,8,12,14,18H,2-3,5-7,9-11H2,1H3. The Balaban J connectivity index is 1.77. The molecule has 2 nitrogen and oxygen atoms in total. The number of ether oxygens (including phenoxy) is 1. The Morgan fingerprint density at radius 1 is 1.48 bits per heavy atom. The number of thiophene rings is 1. The zero-order valence-corrected chi connectivity index (χ0v) is 15.8. The zero-order chi connectivity index (χ0) is 14.7. The average Bonchev–Trinajstić information content (AvgIpc) is 2.91. The van der Waals surface area contributed by atoms with E-state index in [4.69, 9.17) is 4.74 Å².